The van der Waals surface area contributed by atoms with E-state index in [1.54, 1.807) is 0 Å². The lowest BCUT2D eigenvalue weighted by molar-refractivity contribution is -0.136. The standard InChI is InChI=1S/C18H27N3O2/c1-13-16(7-10-23-13)18(22)21(3)12-15-6-9-20(2)17(15)14-5-4-8-19-11-14/h4-5,8,11,13,15-17H,6-7,9-10,12H2,1-3H3/t13-,15+,16+,17+/m1/s1. The smallest absolute Gasteiger partial charge is 0.228 e. The molecule has 126 valence electrons. The van der Waals surface area contributed by atoms with Gasteiger partial charge in [0.2, 0.25) is 5.91 Å². The minimum atomic E-state index is 0.0241. The van der Waals surface area contributed by atoms with Crippen LogP contribution in [0.5, 0.6) is 0 Å². The van der Waals surface area contributed by atoms with Crippen molar-refractivity contribution in [3.8, 4) is 0 Å². The fraction of sp³-hybridized carbons (Fsp3) is 0.667. The van der Waals surface area contributed by atoms with Gasteiger partial charge in [-0.25, -0.2) is 0 Å². The zero-order chi connectivity index (χ0) is 16.4. The molecule has 3 rings (SSSR count). The van der Waals surface area contributed by atoms with E-state index in [2.05, 4.69) is 23.0 Å². The normalized spacial score (nSPS) is 31.4. The molecule has 0 radical (unpaired) electrons. The van der Waals surface area contributed by atoms with E-state index in [9.17, 15) is 4.79 Å². The van der Waals surface area contributed by atoms with Gasteiger partial charge in [-0.2, -0.15) is 0 Å². The average molecular weight is 317 g/mol. The number of likely N-dealkylation sites (tertiary alicyclic amines) is 1. The molecule has 0 aromatic carbocycles. The molecule has 1 aromatic heterocycles. The van der Waals surface area contributed by atoms with Crippen molar-refractivity contribution in [3.05, 3.63) is 30.1 Å². The first-order valence-electron chi connectivity index (χ1n) is 8.54. The molecule has 2 fully saturated rings. The van der Waals surface area contributed by atoms with Crippen LogP contribution in [0.3, 0.4) is 0 Å². The molecule has 5 nitrogen and oxygen atoms in total. The maximum Gasteiger partial charge on any atom is 0.228 e. The summed E-state index contributed by atoms with van der Waals surface area (Å²) in [6.45, 7) is 4.57. The summed E-state index contributed by atoms with van der Waals surface area (Å²) in [7, 11) is 4.10. The molecule has 0 spiro atoms. The lowest BCUT2D eigenvalue weighted by atomic mass is 9.93. The topological polar surface area (TPSA) is 45.7 Å². The molecule has 2 saturated heterocycles. The zero-order valence-corrected chi connectivity index (χ0v) is 14.3. The van der Waals surface area contributed by atoms with Gasteiger partial charge in [0.25, 0.3) is 0 Å². The van der Waals surface area contributed by atoms with Crippen LogP contribution in [0, 0.1) is 11.8 Å². The van der Waals surface area contributed by atoms with Crippen molar-refractivity contribution in [2.45, 2.75) is 31.9 Å². The van der Waals surface area contributed by atoms with Gasteiger partial charge >= 0.3 is 0 Å². The van der Waals surface area contributed by atoms with Gasteiger partial charge < -0.3 is 9.64 Å². The Kier molecular flexibility index (Phi) is 4.97. The number of hydrogen-bond acceptors (Lipinski definition) is 4. The SMILES string of the molecule is C[C@H]1OCC[C@@H]1C(=O)N(C)C[C@@H]1CCN(C)[C@H]1c1cccnc1. The van der Waals surface area contributed by atoms with Gasteiger partial charge in [0.05, 0.1) is 12.0 Å². The summed E-state index contributed by atoms with van der Waals surface area (Å²) >= 11 is 0. The first-order valence-corrected chi connectivity index (χ1v) is 8.54. The minimum Gasteiger partial charge on any atom is -0.378 e. The van der Waals surface area contributed by atoms with Gasteiger partial charge in [-0.05, 0) is 50.9 Å². The van der Waals surface area contributed by atoms with E-state index in [0.29, 0.717) is 18.6 Å². The Bertz CT molecular complexity index is 536. The van der Waals surface area contributed by atoms with E-state index in [-0.39, 0.29) is 17.9 Å². The van der Waals surface area contributed by atoms with Crippen LogP contribution in [0.15, 0.2) is 24.5 Å². The molecule has 0 N–H and O–H groups in total. The maximum atomic E-state index is 12.7. The van der Waals surface area contributed by atoms with Crippen LogP contribution < -0.4 is 0 Å². The van der Waals surface area contributed by atoms with Crippen molar-refractivity contribution >= 4 is 5.91 Å². The number of amides is 1. The third kappa shape index (κ3) is 3.40. The second-order valence-electron chi connectivity index (χ2n) is 6.95. The van der Waals surface area contributed by atoms with Gasteiger partial charge in [0.15, 0.2) is 0 Å². The number of ether oxygens (including phenoxy) is 1. The molecular weight excluding hydrogens is 290 g/mol. The van der Waals surface area contributed by atoms with E-state index >= 15 is 0 Å². The fourth-order valence-corrected chi connectivity index (χ4v) is 4.08. The first-order chi connectivity index (χ1) is 11.1. The summed E-state index contributed by atoms with van der Waals surface area (Å²) in [5.41, 5.74) is 1.25. The number of carbonyl (C=O) groups is 1. The maximum absolute atomic E-state index is 12.7. The van der Waals surface area contributed by atoms with Crippen molar-refractivity contribution in [1.29, 1.82) is 0 Å². The summed E-state index contributed by atoms with van der Waals surface area (Å²) in [6, 6.07) is 4.47. The van der Waals surface area contributed by atoms with Crippen molar-refractivity contribution in [1.82, 2.24) is 14.8 Å². The molecule has 3 heterocycles. The van der Waals surface area contributed by atoms with E-state index in [0.717, 1.165) is 25.9 Å². The Morgan fingerprint density at radius 2 is 2.30 bits per heavy atom. The molecular formula is C18H27N3O2. The van der Waals surface area contributed by atoms with Crippen LogP contribution in [-0.2, 0) is 9.53 Å². The van der Waals surface area contributed by atoms with E-state index in [1.165, 1.54) is 5.56 Å². The molecule has 0 saturated carbocycles. The minimum absolute atomic E-state index is 0.0241. The lowest BCUT2D eigenvalue weighted by Crippen LogP contribution is -2.39. The van der Waals surface area contributed by atoms with Gasteiger partial charge in [-0.3, -0.25) is 14.7 Å². The van der Waals surface area contributed by atoms with Crippen LogP contribution in [0.1, 0.15) is 31.4 Å². The monoisotopic (exact) mass is 317 g/mol. The number of hydrogen-bond donors (Lipinski definition) is 0. The van der Waals surface area contributed by atoms with E-state index in [4.69, 9.17) is 4.74 Å². The van der Waals surface area contributed by atoms with Crippen LogP contribution >= 0.6 is 0 Å². The molecule has 2 aliphatic rings. The van der Waals surface area contributed by atoms with E-state index in [1.807, 2.05) is 37.3 Å². The fourth-order valence-electron chi connectivity index (χ4n) is 4.08. The highest BCUT2D eigenvalue weighted by molar-refractivity contribution is 5.79. The molecule has 4 atom stereocenters. The second kappa shape index (κ2) is 6.97. The largest absolute Gasteiger partial charge is 0.378 e. The summed E-state index contributed by atoms with van der Waals surface area (Å²) in [5.74, 6) is 0.709. The Balaban J connectivity index is 1.67. The summed E-state index contributed by atoms with van der Waals surface area (Å²) in [5, 5.41) is 0. The average Bonchev–Trinajstić information content (AvgIpc) is 3.13. The highest BCUT2D eigenvalue weighted by Gasteiger charge is 2.37. The number of pyridine rings is 1. The summed E-state index contributed by atoms with van der Waals surface area (Å²) < 4.78 is 5.55. The summed E-state index contributed by atoms with van der Waals surface area (Å²) in [6.07, 6.45) is 5.77. The molecule has 0 aliphatic carbocycles. The number of rotatable bonds is 4. The van der Waals surface area contributed by atoms with Crippen molar-refractivity contribution in [3.63, 3.8) is 0 Å². The molecule has 1 amide bonds. The quantitative estimate of drug-likeness (QED) is 0.851. The molecule has 23 heavy (non-hydrogen) atoms. The van der Waals surface area contributed by atoms with Crippen LogP contribution in [0.2, 0.25) is 0 Å². The molecule has 0 bridgehead atoms. The first kappa shape index (κ1) is 16.4. The summed E-state index contributed by atoms with van der Waals surface area (Å²) in [4.78, 5) is 21.2. The van der Waals surface area contributed by atoms with Gasteiger partial charge in [-0.15, -0.1) is 0 Å². The molecule has 1 aromatic rings. The van der Waals surface area contributed by atoms with Crippen molar-refractivity contribution < 1.29 is 9.53 Å². The van der Waals surface area contributed by atoms with Crippen molar-refractivity contribution in [2.24, 2.45) is 11.8 Å². The lowest BCUT2D eigenvalue weighted by Gasteiger charge is -2.30. The molecule has 5 heteroatoms. The number of nitrogens with zero attached hydrogens (tertiary/aromatic N) is 3. The van der Waals surface area contributed by atoms with Crippen LogP contribution in [-0.4, -0.2) is 60.6 Å². The third-order valence-electron chi connectivity index (χ3n) is 5.38. The molecule has 2 aliphatic heterocycles. The van der Waals surface area contributed by atoms with Gasteiger partial charge in [0, 0.05) is 38.6 Å². The van der Waals surface area contributed by atoms with Crippen LogP contribution in [0.4, 0.5) is 0 Å². The third-order valence-corrected chi connectivity index (χ3v) is 5.38. The second-order valence-corrected chi connectivity index (χ2v) is 6.95. The zero-order valence-electron chi connectivity index (χ0n) is 14.3. The Hall–Kier alpha value is -1.46. The van der Waals surface area contributed by atoms with Crippen molar-refractivity contribution in [2.75, 3.05) is 33.8 Å². The Labute approximate surface area is 138 Å². The predicted octanol–water partition coefficient (Wildman–Crippen LogP) is 1.96. The van der Waals surface area contributed by atoms with Crippen LogP contribution in [0.25, 0.3) is 0 Å². The Morgan fingerprint density at radius 3 is 2.96 bits per heavy atom. The Morgan fingerprint density at radius 1 is 1.48 bits per heavy atom. The van der Waals surface area contributed by atoms with E-state index < -0.39 is 0 Å². The van der Waals surface area contributed by atoms with Gasteiger partial charge in [-0.1, -0.05) is 6.07 Å². The highest BCUT2D eigenvalue weighted by Crippen LogP contribution is 2.36. The number of carbonyl (C=O) groups excluding carboxylic acids is 1. The van der Waals surface area contributed by atoms with Gasteiger partial charge in [0.1, 0.15) is 0 Å². The predicted molar refractivity (Wildman–Crippen MR) is 88.9 cm³/mol. The molecule has 0 unspecified atom stereocenters. The number of aromatic nitrogens is 1. The highest BCUT2D eigenvalue weighted by atomic mass is 16.5.